The second-order valence-corrected chi connectivity index (χ2v) is 8.01. The maximum atomic E-state index is 11.8. The number of amides is 1. The van der Waals surface area contributed by atoms with E-state index in [0.29, 0.717) is 24.6 Å². The van der Waals surface area contributed by atoms with Gasteiger partial charge in [-0.05, 0) is 73.9 Å². The number of rotatable bonds is 2. The molecule has 1 amide bonds. The van der Waals surface area contributed by atoms with Crippen LogP contribution in [0.4, 0.5) is 0 Å². The Balaban J connectivity index is 2.18. The van der Waals surface area contributed by atoms with Gasteiger partial charge in [0.2, 0.25) is 5.91 Å². The van der Waals surface area contributed by atoms with Crippen LogP contribution in [0.1, 0.15) is 53.1 Å². The number of nitrogens with zero attached hydrogens (tertiary/aromatic N) is 1. The van der Waals surface area contributed by atoms with Gasteiger partial charge in [-0.2, -0.15) is 0 Å². The van der Waals surface area contributed by atoms with Crippen LogP contribution >= 0.6 is 0 Å². The number of likely N-dealkylation sites (tertiary alicyclic amines) is 1. The number of phenols is 2. The van der Waals surface area contributed by atoms with Crippen LogP contribution in [-0.4, -0.2) is 34.1 Å². The van der Waals surface area contributed by atoms with Gasteiger partial charge in [-0.3, -0.25) is 4.79 Å². The summed E-state index contributed by atoms with van der Waals surface area (Å²) in [5.41, 5.74) is 5.57. The highest BCUT2D eigenvalue weighted by Gasteiger charge is 2.39. The van der Waals surface area contributed by atoms with E-state index >= 15 is 0 Å². The van der Waals surface area contributed by atoms with Crippen LogP contribution in [0.5, 0.6) is 11.5 Å². The maximum absolute atomic E-state index is 11.8. The molecule has 3 rings (SSSR count). The number of aromatic hydroxyl groups is 2. The SMILES string of the molecule is CC(=O)N1CCC(c2cc(C)c(O)c(C)c2)(c2cc(C)c(O)c(C)c2)CC1. The normalized spacial score (nSPS) is 16.4. The van der Waals surface area contributed by atoms with Crippen molar-refractivity contribution >= 4 is 5.91 Å². The van der Waals surface area contributed by atoms with Crippen LogP contribution in [0.2, 0.25) is 0 Å². The average molecular weight is 367 g/mol. The molecular formula is C23H29NO3. The summed E-state index contributed by atoms with van der Waals surface area (Å²) in [6.07, 6.45) is 1.64. The van der Waals surface area contributed by atoms with Crippen molar-refractivity contribution in [2.75, 3.05) is 13.1 Å². The lowest BCUT2D eigenvalue weighted by molar-refractivity contribution is -0.130. The van der Waals surface area contributed by atoms with Crippen LogP contribution in [0.3, 0.4) is 0 Å². The van der Waals surface area contributed by atoms with E-state index in [0.717, 1.165) is 35.1 Å². The lowest BCUT2D eigenvalue weighted by Crippen LogP contribution is -2.45. The molecule has 0 bridgehead atoms. The molecule has 4 heteroatoms. The van der Waals surface area contributed by atoms with Gasteiger partial charge in [-0.25, -0.2) is 0 Å². The zero-order valence-corrected chi connectivity index (χ0v) is 16.9. The fraction of sp³-hybridized carbons (Fsp3) is 0.435. The molecule has 0 saturated carbocycles. The monoisotopic (exact) mass is 367 g/mol. The molecule has 1 aliphatic rings. The Bertz CT molecular complexity index is 787. The van der Waals surface area contributed by atoms with Crippen LogP contribution in [0.25, 0.3) is 0 Å². The molecule has 4 nitrogen and oxygen atoms in total. The van der Waals surface area contributed by atoms with Crippen LogP contribution < -0.4 is 0 Å². The van der Waals surface area contributed by atoms with Crippen molar-refractivity contribution in [1.29, 1.82) is 0 Å². The standard InChI is InChI=1S/C23H29NO3/c1-14-10-19(11-15(2)21(14)26)23(6-8-24(9-7-23)18(5)25)20-12-16(3)22(27)17(4)13-20/h10-13,26-27H,6-9H2,1-5H3. The van der Waals surface area contributed by atoms with Gasteiger partial charge in [0, 0.05) is 25.4 Å². The molecule has 144 valence electrons. The van der Waals surface area contributed by atoms with Crippen LogP contribution in [0, 0.1) is 27.7 Å². The minimum atomic E-state index is -0.238. The second-order valence-electron chi connectivity index (χ2n) is 8.01. The summed E-state index contributed by atoms with van der Waals surface area (Å²) < 4.78 is 0. The van der Waals surface area contributed by atoms with Crippen molar-refractivity contribution in [2.45, 2.75) is 52.9 Å². The van der Waals surface area contributed by atoms with E-state index in [4.69, 9.17) is 0 Å². The van der Waals surface area contributed by atoms with Gasteiger partial charge in [0.05, 0.1) is 0 Å². The average Bonchev–Trinajstić information content (AvgIpc) is 2.63. The number of benzene rings is 2. The van der Waals surface area contributed by atoms with Gasteiger partial charge >= 0.3 is 0 Å². The first-order valence-corrected chi connectivity index (χ1v) is 9.52. The first-order valence-electron chi connectivity index (χ1n) is 9.52. The molecule has 2 N–H and O–H groups in total. The predicted molar refractivity (Wildman–Crippen MR) is 107 cm³/mol. The number of phenolic OH excluding ortho intramolecular Hbond substituents is 2. The summed E-state index contributed by atoms with van der Waals surface area (Å²) in [6.45, 7) is 10.7. The molecule has 27 heavy (non-hydrogen) atoms. The minimum Gasteiger partial charge on any atom is -0.507 e. The third-order valence-electron chi connectivity index (χ3n) is 6.15. The molecule has 2 aromatic carbocycles. The summed E-state index contributed by atoms with van der Waals surface area (Å²) >= 11 is 0. The van der Waals surface area contributed by atoms with Gasteiger partial charge in [0.15, 0.2) is 0 Å². The first kappa shape index (κ1) is 19.3. The third kappa shape index (κ3) is 3.29. The van der Waals surface area contributed by atoms with E-state index < -0.39 is 0 Å². The van der Waals surface area contributed by atoms with Crippen molar-refractivity contribution in [3.63, 3.8) is 0 Å². The number of aryl methyl sites for hydroxylation is 4. The van der Waals surface area contributed by atoms with E-state index in [9.17, 15) is 15.0 Å². The van der Waals surface area contributed by atoms with E-state index in [1.54, 1.807) is 6.92 Å². The predicted octanol–water partition coefficient (Wildman–Crippen LogP) is 4.26. The number of piperidine rings is 1. The first-order chi connectivity index (χ1) is 12.7. The van der Waals surface area contributed by atoms with Gasteiger partial charge in [-0.15, -0.1) is 0 Å². The second kappa shape index (κ2) is 6.91. The molecule has 1 fully saturated rings. The van der Waals surface area contributed by atoms with Crippen molar-refractivity contribution in [2.24, 2.45) is 0 Å². The Morgan fingerprint density at radius 2 is 1.15 bits per heavy atom. The smallest absolute Gasteiger partial charge is 0.219 e. The van der Waals surface area contributed by atoms with Gasteiger partial charge in [0.1, 0.15) is 11.5 Å². The zero-order chi connectivity index (χ0) is 19.9. The highest BCUT2D eigenvalue weighted by Crippen LogP contribution is 2.45. The highest BCUT2D eigenvalue weighted by molar-refractivity contribution is 5.73. The van der Waals surface area contributed by atoms with Crippen molar-refractivity contribution in [3.8, 4) is 11.5 Å². The summed E-state index contributed by atoms with van der Waals surface area (Å²) in [6, 6.07) is 8.29. The Kier molecular flexibility index (Phi) is 4.94. The summed E-state index contributed by atoms with van der Waals surface area (Å²) in [5, 5.41) is 20.5. The largest absolute Gasteiger partial charge is 0.507 e. The Morgan fingerprint density at radius 3 is 1.44 bits per heavy atom. The Morgan fingerprint density at radius 1 is 0.815 bits per heavy atom. The fourth-order valence-electron chi connectivity index (χ4n) is 4.41. The summed E-state index contributed by atoms with van der Waals surface area (Å²) in [4.78, 5) is 13.7. The molecule has 0 spiro atoms. The van der Waals surface area contributed by atoms with E-state index in [1.807, 2.05) is 32.6 Å². The molecule has 0 radical (unpaired) electrons. The molecular weight excluding hydrogens is 338 g/mol. The molecule has 0 aromatic heterocycles. The van der Waals surface area contributed by atoms with Gasteiger partial charge in [0.25, 0.3) is 0 Å². The van der Waals surface area contributed by atoms with Gasteiger partial charge in [-0.1, -0.05) is 24.3 Å². The molecule has 0 atom stereocenters. The van der Waals surface area contributed by atoms with E-state index in [1.165, 1.54) is 11.1 Å². The van der Waals surface area contributed by atoms with E-state index in [2.05, 4.69) is 24.3 Å². The molecule has 2 aromatic rings. The molecule has 1 heterocycles. The molecule has 1 saturated heterocycles. The van der Waals surface area contributed by atoms with Crippen LogP contribution in [0.15, 0.2) is 24.3 Å². The Labute approximate surface area is 161 Å². The minimum absolute atomic E-state index is 0.111. The lowest BCUT2D eigenvalue weighted by Gasteiger charge is -2.43. The van der Waals surface area contributed by atoms with Crippen molar-refractivity contribution in [3.05, 3.63) is 57.6 Å². The molecule has 1 aliphatic heterocycles. The number of hydrogen-bond donors (Lipinski definition) is 2. The molecule has 0 aliphatic carbocycles. The molecule has 0 unspecified atom stereocenters. The summed E-state index contributed by atoms with van der Waals surface area (Å²) in [7, 11) is 0. The van der Waals surface area contributed by atoms with Gasteiger partial charge < -0.3 is 15.1 Å². The fourth-order valence-corrected chi connectivity index (χ4v) is 4.41. The van der Waals surface area contributed by atoms with Crippen LogP contribution in [-0.2, 0) is 10.2 Å². The highest BCUT2D eigenvalue weighted by atomic mass is 16.3. The zero-order valence-electron chi connectivity index (χ0n) is 16.9. The third-order valence-corrected chi connectivity index (χ3v) is 6.15. The maximum Gasteiger partial charge on any atom is 0.219 e. The van der Waals surface area contributed by atoms with Crippen molar-refractivity contribution < 1.29 is 15.0 Å². The quantitative estimate of drug-likeness (QED) is 0.834. The number of carbonyl (C=O) groups excluding carboxylic acids is 1. The van der Waals surface area contributed by atoms with Crippen molar-refractivity contribution in [1.82, 2.24) is 4.90 Å². The van der Waals surface area contributed by atoms with E-state index in [-0.39, 0.29) is 11.3 Å². The Hall–Kier alpha value is -2.49. The number of hydrogen-bond acceptors (Lipinski definition) is 3. The summed E-state index contributed by atoms with van der Waals surface area (Å²) in [5.74, 6) is 0.793. The number of carbonyl (C=O) groups is 1. The lowest BCUT2D eigenvalue weighted by atomic mass is 9.67. The topological polar surface area (TPSA) is 60.8 Å².